The SMILES string of the molecule is O=c1ccn(CC#Cc2ccccc2)cc1. The Morgan fingerprint density at radius 3 is 2.38 bits per heavy atom. The number of hydrogen-bond acceptors (Lipinski definition) is 1. The van der Waals surface area contributed by atoms with Gasteiger partial charge in [-0.25, -0.2) is 0 Å². The van der Waals surface area contributed by atoms with E-state index >= 15 is 0 Å². The number of aromatic nitrogens is 1. The summed E-state index contributed by atoms with van der Waals surface area (Å²) in [5, 5.41) is 0. The molecule has 0 fully saturated rings. The third-order valence-electron chi connectivity index (χ3n) is 2.13. The van der Waals surface area contributed by atoms with E-state index in [0.717, 1.165) is 5.56 Å². The lowest BCUT2D eigenvalue weighted by atomic mass is 10.2. The van der Waals surface area contributed by atoms with Gasteiger partial charge in [0.2, 0.25) is 0 Å². The first-order valence-corrected chi connectivity index (χ1v) is 5.05. The summed E-state index contributed by atoms with van der Waals surface area (Å²) < 4.78 is 1.87. The molecule has 0 amide bonds. The van der Waals surface area contributed by atoms with Gasteiger partial charge in [0.25, 0.3) is 0 Å². The van der Waals surface area contributed by atoms with Crippen LogP contribution in [0, 0.1) is 11.8 Å². The molecule has 0 N–H and O–H groups in total. The second-order valence-electron chi connectivity index (χ2n) is 3.37. The van der Waals surface area contributed by atoms with Gasteiger partial charge in [-0.05, 0) is 12.1 Å². The van der Waals surface area contributed by atoms with Crippen molar-refractivity contribution in [2.24, 2.45) is 0 Å². The highest BCUT2D eigenvalue weighted by Gasteiger charge is 1.85. The van der Waals surface area contributed by atoms with Gasteiger partial charge in [0, 0.05) is 30.1 Å². The Labute approximate surface area is 94.2 Å². The van der Waals surface area contributed by atoms with Gasteiger partial charge in [0.15, 0.2) is 5.43 Å². The summed E-state index contributed by atoms with van der Waals surface area (Å²) in [6, 6.07) is 12.9. The van der Waals surface area contributed by atoms with Crippen molar-refractivity contribution in [2.45, 2.75) is 6.54 Å². The molecule has 1 aromatic heterocycles. The van der Waals surface area contributed by atoms with Gasteiger partial charge in [-0.3, -0.25) is 4.79 Å². The Bertz CT molecular complexity index is 552. The van der Waals surface area contributed by atoms with E-state index in [0.29, 0.717) is 6.54 Å². The van der Waals surface area contributed by atoms with Crippen molar-refractivity contribution in [3.8, 4) is 11.8 Å². The van der Waals surface area contributed by atoms with Crippen LogP contribution in [0.3, 0.4) is 0 Å². The number of benzene rings is 1. The highest BCUT2D eigenvalue weighted by atomic mass is 16.1. The minimum atomic E-state index is 0.0206. The lowest BCUT2D eigenvalue weighted by Gasteiger charge is -1.97. The molecule has 0 bridgehead atoms. The van der Waals surface area contributed by atoms with Crippen molar-refractivity contribution in [3.05, 3.63) is 70.6 Å². The molecule has 2 rings (SSSR count). The molecule has 0 spiro atoms. The lowest BCUT2D eigenvalue weighted by molar-refractivity contribution is 0.829. The predicted octanol–water partition coefficient (Wildman–Crippen LogP) is 1.90. The summed E-state index contributed by atoms with van der Waals surface area (Å²) in [7, 11) is 0. The quantitative estimate of drug-likeness (QED) is 0.657. The number of rotatable bonds is 1. The van der Waals surface area contributed by atoms with Gasteiger partial charge >= 0.3 is 0 Å². The minimum absolute atomic E-state index is 0.0206. The van der Waals surface area contributed by atoms with Crippen LogP contribution in [-0.2, 0) is 6.54 Å². The zero-order chi connectivity index (χ0) is 11.2. The van der Waals surface area contributed by atoms with Crippen LogP contribution in [0.5, 0.6) is 0 Å². The molecular weight excluding hydrogens is 198 g/mol. The zero-order valence-corrected chi connectivity index (χ0v) is 8.76. The van der Waals surface area contributed by atoms with Crippen LogP contribution < -0.4 is 5.43 Å². The Kier molecular flexibility index (Phi) is 3.20. The van der Waals surface area contributed by atoms with Crippen LogP contribution in [0.1, 0.15) is 5.56 Å². The van der Waals surface area contributed by atoms with Crippen molar-refractivity contribution < 1.29 is 0 Å². The van der Waals surface area contributed by atoms with Gasteiger partial charge in [-0.1, -0.05) is 30.0 Å². The van der Waals surface area contributed by atoms with Gasteiger partial charge in [-0.15, -0.1) is 0 Å². The highest BCUT2D eigenvalue weighted by Crippen LogP contribution is 1.94. The molecule has 0 unspecified atom stereocenters. The van der Waals surface area contributed by atoms with Crippen LogP contribution in [0.2, 0.25) is 0 Å². The molecule has 0 radical (unpaired) electrons. The monoisotopic (exact) mass is 209 g/mol. The van der Waals surface area contributed by atoms with E-state index in [2.05, 4.69) is 11.8 Å². The predicted molar refractivity (Wildman–Crippen MR) is 64.0 cm³/mol. The maximum absolute atomic E-state index is 10.9. The zero-order valence-electron chi connectivity index (χ0n) is 8.76. The number of pyridine rings is 1. The first-order valence-electron chi connectivity index (χ1n) is 5.05. The Morgan fingerprint density at radius 2 is 1.69 bits per heavy atom. The van der Waals surface area contributed by atoms with Crippen molar-refractivity contribution in [1.29, 1.82) is 0 Å². The van der Waals surface area contributed by atoms with Crippen molar-refractivity contribution in [2.75, 3.05) is 0 Å². The molecule has 2 aromatic rings. The Morgan fingerprint density at radius 1 is 1.00 bits per heavy atom. The average molecular weight is 209 g/mol. The largest absolute Gasteiger partial charge is 0.343 e. The van der Waals surface area contributed by atoms with E-state index in [1.165, 1.54) is 12.1 Å². The van der Waals surface area contributed by atoms with Crippen molar-refractivity contribution in [1.82, 2.24) is 4.57 Å². The van der Waals surface area contributed by atoms with E-state index in [-0.39, 0.29) is 5.43 Å². The molecule has 2 heteroatoms. The van der Waals surface area contributed by atoms with Crippen LogP contribution in [0.15, 0.2) is 59.7 Å². The summed E-state index contributed by atoms with van der Waals surface area (Å²) in [6.07, 6.45) is 3.48. The molecule has 1 aromatic carbocycles. The van der Waals surface area contributed by atoms with E-state index < -0.39 is 0 Å². The molecule has 0 atom stereocenters. The molecule has 0 saturated heterocycles. The van der Waals surface area contributed by atoms with Gasteiger partial charge in [0.1, 0.15) is 0 Å². The summed E-state index contributed by atoms with van der Waals surface area (Å²) in [6.45, 7) is 0.592. The smallest absolute Gasteiger partial charge is 0.181 e. The van der Waals surface area contributed by atoms with Crippen LogP contribution in [0.25, 0.3) is 0 Å². The molecule has 0 aliphatic rings. The topological polar surface area (TPSA) is 22.0 Å². The van der Waals surface area contributed by atoms with Crippen LogP contribution in [-0.4, -0.2) is 4.57 Å². The normalized spacial score (nSPS) is 9.25. The summed E-state index contributed by atoms with van der Waals surface area (Å²) >= 11 is 0. The fourth-order valence-corrected chi connectivity index (χ4v) is 1.30. The first-order chi connectivity index (χ1) is 7.84. The standard InChI is InChI=1S/C14H11NO/c16-14-8-11-15(12-9-14)10-4-7-13-5-2-1-3-6-13/h1-3,5-6,8-9,11-12H,10H2. The highest BCUT2D eigenvalue weighted by molar-refractivity contribution is 5.33. The van der Waals surface area contributed by atoms with E-state index in [9.17, 15) is 4.79 Å². The maximum Gasteiger partial charge on any atom is 0.181 e. The average Bonchev–Trinajstić information content (AvgIpc) is 2.33. The summed E-state index contributed by atoms with van der Waals surface area (Å²) in [4.78, 5) is 10.9. The summed E-state index contributed by atoms with van der Waals surface area (Å²) in [5.74, 6) is 6.11. The van der Waals surface area contributed by atoms with Gasteiger partial charge < -0.3 is 4.57 Å². The molecular formula is C14H11NO. The Hall–Kier alpha value is -2.27. The van der Waals surface area contributed by atoms with Gasteiger partial charge in [0.05, 0.1) is 6.54 Å². The number of nitrogens with zero attached hydrogens (tertiary/aromatic N) is 1. The summed E-state index contributed by atoms with van der Waals surface area (Å²) in [5.41, 5.74) is 1.02. The Balaban J connectivity index is 2.05. The molecule has 0 saturated carbocycles. The maximum atomic E-state index is 10.9. The third-order valence-corrected chi connectivity index (χ3v) is 2.13. The molecule has 1 heterocycles. The van der Waals surface area contributed by atoms with Crippen molar-refractivity contribution >= 4 is 0 Å². The van der Waals surface area contributed by atoms with Gasteiger partial charge in [-0.2, -0.15) is 0 Å². The second kappa shape index (κ2) is 4.99. The molecule has 0 aliphatic heterocycles. The van der Waals surface area contributed by atoms with E-state index in [4.69, 9.17) is 0 Å². The number of hydrogen-bond donors (Lipinski definition) is 0. The lowest BCUT2D eigenvalue weighted by Crippen LogP contribution is -2.02. The first kappa shape index (κ1) is 10.3. The van der Waals surface area contributed by atoms with Crippen LogP contribution >= 0.6 is 0 Å². The third kappa shape index (κ3) is 2.86. The minimum Gasteiger partial charge on any atom is -0.343 e. The molecule has 78 valence electrons. The van der Waals surface area contributed by atoms with E-state index in [1.54, 1.807) is 12.4 Å². The second-order valence-corrected chi connectivity index (χ2v) is 3.37. The molecule has 2 nitrogen and oxygen atoms in total. The van der Waals surface area contributed by atoms with E-state index in [1.807, 2.05) is 34.9 Å². The molecule has 16 heavy (non-hydrogen) atoms. The van der Waals surface area contributed by atoms with Crippen LogP contribution in [0.4, 0.5) is 0 Å². The molecule has 0 aliphatic carbocycles. The fraction of sp³-hybridized carbons (Fsp3) is 0.0714. The fourth-order valence-electron chi connectivity index (χ4n) is 1.30. The van der Waals surface area contributed by atoms with Crippen molar-refractivity contribution in [3.63, 3.8) is 0 Å².